The van der Waals surface area contributed by atoms with Gasteiger partial charge in [-0.15, -0.1) is 0 Å². The lowest BCUT2D eigenvalue weighted by Gasteiger charge is -2.02. The van der Waals surface area contributed by atoms with E-state index >= 15 is 0 Å². The maximum atomic E-state index is 10.7. The summed E-state index contributed by atoms with van der Waals surface area (Å²) >= 11 is 0. The standard InChI is InChI=1S/C6H8ClNO5S/c1-4(9)3-5(2)13-6(10)8-14(7,11)12/h3H,1-2H3,(H,8,10)/b5-3-. The normalized spacial score (nSPS) is 12.1. The van der Waals surface area contributed by atoms with Crippen LogP contribution in [-0.2, 0) is 18.8 Å². The highest BCUT2D eigenvalue weighted by atomic mass is 35.7. The maximum Gasteiger partial charge on any atom is 0.426 e. The van der Waals surface area contributed by atoms with Crippen molar-refractivity contribution in [3.63, 3.8) is 0 Å². The second-order valence-corrected chi connectivity index (χ2v) is 4.59. The van der Waals surface area contributed by atoms with Crippen molar-refractivity contribution >= 4 is 31.8 Å². The molecule has 0 aliphatic carbocycles. The third-order valence-electron chi connectivity index (χ3n) is 0.865. The van der Waals surface area contributed by atoms with Crippen LogP contribution in [0.1, 0.15) is 13.8 Å². The van der Waals surface area contributed by atoms with Gasteiger partial charge in [0.1, 0.15) is 5.76 Å². The number of allylic oxidation sites excluding steroid dienone is 2. The zero-order valence-electron chi connectivity index (χ0n) is 7.40. The van der Waals surface area contributed by atoms with Crippen LogP contribution in [0.4, 0.5) is 4.79 Å². The van der Waals surface area contributed by atoms with Crippen LogP contribution in [-0.4, -0.2) is 20.3 Å². The van der Waals surface area contributed by atoms with Crippen molar-refractivity contribution in [2.45, 2.75) is 13.8 Å². The fraction of sp³-hybridized carbons (Fsp3) is 0.333. The monoisotopic (exact) mass is 241 g/mol. The van der Waals surface area contributed by atoms with Gasteiger partial charge in [0.15, 0.2) is 5.78 Å². The first-order valence-electron chi connectivity index (χ1n) is 3.34. The quantitative estimate of drug-likeness (QED) is 0.446. The molecule has 0 fully saturated rings. The van der Waals surface area contributed by atoms with Gasteiger partial charge in [0.2, 0.25) is 0 Å². The molecule has 0 aromatic carbocycles. The smallest absolute Gasteiger partial charge is 0.414 e. The van der Waals surface area contributed by atoms with E-state index < -0.39 is 15.3 Å². The van der Waals surface area contributed by atoms with Crippen LogP contribution < -0.4 is 4.72 Å². The number of hydrogen-bond acceptors (Lipinski definition) is 5. The average molecular weight is 242 g/mol. The molecule has 0 bridgehead atoms. The number of hydrogen-bond donors (Lipinski definition) is 1. The van der Waals surface area contributed by atoms with E-state index in [4.69, 9.17) is 10.7 Å². The molecule has 0 unspecified atom stereocenters. The number of amides is 1. The first-order valence-corrected chi connectivity index (χ1v) is 5.64. The van der Waals surface area contributed by atoms with Gasteiger partial charge in [-0.3, -0.25) is 4.79 Å². The fourth-order valence-electron chi connectivity index (χ4n) is 0.582. The molecule has 8 heteroatoms. The van der Waals surface area contributed by atoms with Gasteiger partial charge in [-0.2, -0.15) is 8.42 Å². The summed E-state index contributed by atoms with van der Waals surface area (Å²) < 4.78 is 26.3. The molecule has 6 nitrogen and oxygen atoms in total. The van der Waals surface area contributed by atoms with E-state index in [0.29, 0.717) is 0 Å². The summed E-state index contributed by atoms with van der Waals surface area (Å²) in [6.45, 7) is 2.57. The number of rotatable bonds is 3. The molecule has 0 saturated heterocycles. The van der Waals surface area contributed by atoms with Crippen molar-refractivity contribution in [2.75, 3.05) is 0 Å². The van der Waals surface area contributed by atoms with Crippen LogP contribution >= 0.6 is 10.7 Å². The van der Waals surface area contributed by atoms with E-state index in [0.717, 1.165) is 6.08 Å². The third-order valence-corrected chi connectivity index (χ3v) is 1.51. The number of ether oxygens (including phenoxy) is 1. The molecule has 14 heavy (non-hydrogen) atoms. The first kappa shape index (κ1) is 12.9. The fourth-order valence-corrected chi connectivity index (χ4v) is 1.01. The van der Waals surface area contributed by atoms with E-state index in [9.17, 15) is 18.0 Å². The molecule has 1 N–H and O–H groups in total. The SMILES string of the molecule is CC(=O)/C=C(/C)OC(=O)NS(=O)(=O)Cl. The zero-order chi connectivity index (χ0) is 11.4. The van der Waals surface area contributed by atoms with E-state index in [-0.39, 0.29) is 11.5 Å². The Balaban J connectivity index is 4.28. The van der Waals surface area contributed by atoms with Crippen molar-refractivity contribution < 1.29 is 22.7 Å². The number of carbonyl (C=O) groups excluding carboxylic acids is 2. The molecule has 0 spiro atoms. The molecule has 0 radical (unpaired) electrons. The predicted molar refractivity (Wildman–Crippen MR) is 48.8 cm³/mol. The minimum absolute atomic E-state index is 0.0321. The Hall–Kier alpha value is -1.08. The molecular formula is C6H8ClNO5S. The molecule has 0 saturated carbocycles. The molecule has 0 aromatic rings. The van der Waals surface area contributed by atoms with Crippen molar-refractivity contribution in [1.29, 1.82) is 0 Å². The third kappa shape index (κ3) is 7.56. The molecule has 0 aliphatic rings. The lowest BCUT2D eigenvalue weighted by Crippen LogP contribution is -2.26. The largest absolute Gasteiger partial charge is 0.426 e. The number of ketones is 1. The predicted octanol–water partition coefficient (Wildman–Crippen LogP) is 0.689. The van der Waals surface area contributed by atoms with Crippen molar-refractivity contribution in [3.05, 3.63) is 11.8 Å². The molecule has 0 aliphatic heterocycles. The van der Waals surface area contributed by atoms with Gasteiger partial charge < -0.3 is 4.74 Å². The molecule has 0 heterocycles. The van der Waals surface area contributed by atoms with Crippen molar-refractivity contribution in [1.82, 2.24) is 4.72 Å². The van der Waals surface area contributed by atoms with Gasteiger partial charge in [-0.1, -0.05) is 0 Å². The lowest BCUT2D eigenvalue weighted by molar-refractivity contribution is -0.112. The Morgan fingerprint density at radius 2 is 1.86 bits per heavy atom. The topological polar surface area (TPSA) is 89.5 Å². The Kier molecular flexibility index (Phi) is 4.58. The van der Waals surface area contributed by atoms with Crippen LogP contribution in [0, 0.1) is 0 Å². The summed E-state index contributed by atoms with van der Waals surface area (Å²) in [5, 5.41) is 0. The maximum absolute atomic E-state index is 10.7. The Labute approximate surface area is 85.4 Å². The molecule has 1 amide bonds. The van der Waals surface area contributed by atoms with Crippen LogP contribution in [0.15, 0.2) is 11.8 Å². The van der Waals surface area contributed by atoms with Crippen LogP contribution in [0.2, 0.25) is 0 Å². The molecule has 0 atom stereocenters. The number of carbonyl (C=O) groups is 2. The summed E-state index contributed by atoms with van der Waals surface area (Å²) in [5.74, 6) is -0.362. The average Bonchev–Trinajstić information content (AvgIpc) is 1.77. The number of halogens is 1. The zero-order valence-corrected chi connectivity index (χ0v) is 8.98. The summed E-state index contributed by atoms with van der Waals surface area (Å²) in [6, 6.07) is 0. The van der Waals surface area contributed by atoms with Gasteiger partial charge in [-0.25, -0.2) is 9.52 Å². The Bertz CT molecular complexity index is 372. The van der Waals surface area contributed by atoms with Crippen LogP contribution in [0.25, 0.3) is 0 Å². The highest BCUT2D eigenvalue weighted by molar-refractivity contribution is 8.12. The van der Waals surface area contributed by atoms with Gasteiger partial charge in [0, 0.05) is 16.8 Å². The van der Waals surface area contributed by atoms with E-state index in [1.807, 2.05) is 0 Å². The Morgan fingerprint density at radius 1 is 1.36 bits per heavy atom. The highest BCUT2D eigenvalue weighted by Gasteiger charge is 2.12. The summed E-state index contributed by atoms with van der Waals surface area (Å²) in [6.07, 6.45) is -0.240. The minimum atomic E-state index is -4.16. The Morgan fingerprint density at radius 3 is 2.21 bits per heavy atom. The summed E-state index contributed by atoms with van der Waals surface area (Å²) in [5.41, 5.74) is 0. The van der Waals surface area contributed by atoms with E-state index in [1.165, 1.54) is 18.6 Å². The minimum Gasteiger partial charge on any atom is -0.414 e. The molecule has 0 rings (SSSR count). The van der Waals surface area contributed by atoms with Gasteiger partial charge in [0.05, 0.1) is 0 Å². The highest BCUT2D eigenvalue weighted by Crippen LogP contribution is 1.98. The molecule has 0 aromatic heterocycles. The van der Waals surface area contributed by atoms with Crippen LogP contribution in [0.3, 0.4) is 0 Å². The number of nitrogens with one attached hydrogen (secondary N) is 1. The van der Waals surface area contributed by atoms with Crippen molar-refractivity contribution in [3.8, 4) is 0 Å². The van der Waals surface area contributed by atoms with Gasteiger partial charge >= 0.3 is 15.3 Å². The summed E-state index contributed by atoms with van der Waals surface area (Å²) in [7, 11) is 0.529. The summed E-state index contributed by atoms with van der Waals surface area (Å²) in [4.78, 5) is 21.2. The molecular weight excluding hydrogens is 234 g/mol. The van der Waals surface area contributed by atoms with Crippen molar-refractivity contribution in [2.24, 2.45) is 0 Å². The van der Waals surface area contributed by atoms with E-state index in [2.05, 4.69) is 4.74 Å². The van der Waals surface area contributed by atoms with Gasteiger partial charge in [0.25, 0.3) is 0 Å². The lowest BCUT2D eigenvalue weighted by atomic mass is 10.4. The van der Waals surface area contributed by atoms with Gasteiger partial charge in [-0.05, 0) is 13.8 Å². The molecule has 80 valence electrons. The van der Waals surface area contributed by atoms with E-state index in [1.54, 1.807) is 0 Å². The second kappa shape index (κ2) is 4.97. The van der Waals surface area contributed by atoms with Crippen LogP contribution in [0.5, 0.6) is 0 Å². The second-order valence-electron chi connectivity index (χ2n) is 2.30. The first-order chi connectivity index (χ1) is 6.20.